The second kappa shape index (κ2) is 6.16. The standard InChI is InChI=1S/C17H25N3O/c18-17(9-4-5-10-17)16(21)19-15-8-11-20(13-15)12-14-6-2-1-3-7-14/h1-3,6-7,15H,4-5,8-13,18H2,(H,19,21). The monoisotopic (exact) mass is 287 g/mol. The molecule has 114 valence electrons. The Kier molecular flexibility index (Phi) is 4.27. The van der Waals surface area contributed by atoms with Crippen molar-refractivity contribution in [1.82, 2.24) is 10.2 Å². The second-order valence-corrected chi connectivity index (χ2v) is 6.54. The second-order valence-electron chi connectivity index (χ2n) is 6.54. The van der Waals surface area contributed by atoms with E-state index in [1.165, 1.54) is 5.56 Å². The smallest absolute Gasteiger partial charge is 0.240 e. The topological polar surface area (TPSA) is 58.4 Å². The zero-order valence-corrected chi connectivity index (χ0v) is 12.6. The lowest BCUT2D eigenvalue weighted by molar-refractivity contribution is -0.126. The molecule has 0 aromatic heterocycles. The number of hydrogen-bond acceptors (Lipinski definition) is 3. The van der Waals surface area contributed by atoms with Crippen molar-refractivity contribution in [3.05, 3.63) is 35.9 Å². The number of amides is 1. The Bertz CT molecular complexity index is 482. The lowest BCUT2D eigenvalue weighted by Gasteiger charge is -2.25. The van der Waals surface area contributed by atoms with Crippen molar-refractivity contribution in [2.75, 3.05) is 13.1 Å². The molecule has 1 heterocycles. The molecule has 4 nitrogen and oxygen atoms in total. The molecule has 1 aromatic rings. The summed E-state index contributed by atoms with van der Waals surface area (Å²) in [6, 6.07) is 10.7. The summed E-state index contributed by atoms with van der Waals surface area (Å²) in [6.07, 6.45) is 4.84. The van der Waals surface area contributed by atoms with Crippen molar-refractivity contribution in [2.45, 2.75) is 50.2 Å². The first-order valence-corrected chi connectivity index (χ1v) is 8.02. The number of hydrogen-bond donors (Lipinski definition) is 2. The predicted octanol–water partition coefficient (Wildman–Crippen LogP) is 1.65. The minimum atomic E-state index is -0.604. The minimum Gasteiger partial charge on any atom is -0.350 e. The van der Waals surface area contributed by atoms with E-state index in [1.807, 2.05) is 6.07 Å². The number of nitrogens with two attached hydrogens (primary N) is 1. The van der Waals surface area contributed by atoms with Crippen LogP contribution in [-0.4, -0.2) is 35.5 Å². The molecule has 0 spiro atoms. The molecule has 1 atom stereocenters. The molecule has 3 rings (SSSR count). The van der Waals surface area contributed by atoms with Gasteiger partial charge in [-0.1, -0.05) is 43.2 Å². The Hall–Kier alpha value is -1.39. The quantitative estimate of drug-likeness (QED) is 0.885. The lowest BCUT2D eigenvalue weighted by atomic mass is 9.97. The van der Waals surface area contributed by atoms with E-state index in [0.29, 0.717) is 0 Å². The molecule has 2 fully saturated rings. The largest absolute Gasteiger partial charge is 0.350 e. The van der Waals surface area contributed by atoms with Gasteiger partial charge in [-0.2, -0.15) is 0 Å². The molecule has 0 bridgehead atoms. The third-order valence-electron chi connectivity index (χ3n) is 4.80. The summed E-state index contributed by atoms with van der Waals surface area (Å²) >= 11 is 0. The molecule has 1 saturated heterocycles. The normalized spacial score (nSPS) is 25.1. The van der Waals surface area contributed by atoms with E-state index < -0.39 is 5.54 Å². The highest BCUT2D eigenvalue weighted by atomic mass is 16.2. The number of nitrogens with one attached hydrogen (secondary N) is 1. The molecule has 4 heteroatoms. The van der Waals surface area contributed by atoms with Gasteiger partial charge >= 0.3 is 0 Å². The van der Waals surface area contributed by atoms with Crippen LogP contribution in [0.3, 0.4) is 0 Å². The fourth-order valence-corrected chi connectivity index (χ4v) is 3.50. The summed E-state index contributed by atoms with van der Waals surface area (Å²) in [5, 5.41) is 3.17. The van der Waals surface area contributed by atoms with Crippen LogP contribution in [0.15, 0.2) is 30.3 Å². The number of benzene rings is 1. The van der Waals surface area contributed by atoms with E-state index in [2.05, 4.69) is 34.5 Å². The van der Waals surface area contributed by atoms with Gasteiger partial charge in [0, 0.05) is 25.7 Å². The molecule has 0 radical (unpaired) electrons. The van der Waals surface area contributed by atoms with Gasteiger partial charge in [-0.25, -0.2) is 0 Å². The first-order chi connectivity index (χ1) is 10.2. The zero-order chi connectivity index (χ0) is 14.7. The van der Waals surface area contributed by atoms with Crippen LogP contribution in [0.4, 0.5) is 0 Å². The van der Waals surface area contributed by atoms with Crippen LogP contribution in [0.2, 0.25) is 0 Å². The van der Waals surface area contributed by atoms with Gasteiger partial charge in [0.2, 0.25) is 5.91 Å². The van der Waals surface area contributed by atoms with Crippen LogP contribution in [0.1, 0.15) is 37.7 Å². The molecule has 1 unspecified atom stereocenters. The summed E-state index contributed by atoms with van der Waals surface area (Å²) in [5.41, 5.74) is 6.94. The average molecular weight is 287 g/mol. The molecule has 1 aromatic carbocycles. The maximum absolute atomic E-state index is 12.3. The first-order valence-electron chi connectivity index (χ1n) is 8.02. The van der Waals surface area contributed by atoms with Gasteiger partial charge in [-0.3, -0.25) is 9.69 Å². The number of likely N-dealkylation sites (tertiary alicyclic amines) is 1. The summed E-state index contributed by atoms with van der Waals surface area (Å²) in [6.45, 7) is 2.93. The van der Waals surface area contributed by atoms with Gasteiger partial charge in [0.15, 0.2) is 0 Å². The van der Waals surface area contributed by atoms with Gasteiger partial charge in [-0.05, 0) is 24.8 Å². The Morgan fingerprint density at radius 1 is 1.29 bits per heavy atom. The lowest BCUT2D eigenvalue weighted by Crippen LogP contribution is -2.54. The van der Waals surface area contributed by atoms with Crippen molar-refractivity contribution < 1.29 is 4.79 Å². The SMILES string of the molecule is NC1(C(=O)NC2CCN(Cc3ccccc3)C2)CCCC1. The van der Waals surface area contributed by atoms with E-state index in [4.69, 9.17) is 5.73 Å². The Balaban J connectivity index is 1.49. The number of rotatable bonds is 4. The molecule has 2 aliphatic rings. The third kappa shape index (κ3) is 3.44. The van der Waals surface area contributed by atoms with E-state index in [1.54, 1.807) is 0 Å². The third-order valence-corrected chi connectivity index (χ3v) is 4.80. The van der Waals surface area contributed by atoms with Crippen LogP contribution < -0.4 is 11.1 Å². The van der Waals surface area contributed by atoms with Crippen LogP contribution in [0.5, 0.6) is 0 Å². The Labute approximate surface area is 126 Å². The van der Waals surface area contributed by atoms with E-state index in [0.717, 1.165) is 51.7 Å². The minimum absolute atomic E-state index is 0.0616. The molecular formula is C17H25N3O. The Morgan fingerprint density at radius 2 is 2.00 bits per heavy atom. The molecule has 1 aliphatic heterocycles. The number of carbonyl (C=O) groups is 1. The fourth-order valence-electron chi connectivity index (χ4n) is 3.50. The number of nitrogens with zero attached hydrogens (tertiary/aromatic N) is 1. The van der Waals surface area contributed by atoms with Crippen LogP contribution in [0, 0.1) is 0 Å². The maximum Gasteiger partial charge on any atom is 0.240 e. The van der Waals surface area contributed by atoms with Gasteiger partial charge in [-0.15, -0.1) is 0 Å². The van der Waals surface area contributed by atoms with Crippen LogP contribution in [-0.2, 0) is 11.3 Å². The van der Waals surface area contributed by atoms with Crippen molar-refractivity contribution >= 4 is 5.91 Å². The molecule has 1 saturated carbocycles. The van der Waals surface area contributed by atoms with Crippen molar-refractivity contribution in [3.63, 3.8) is 0 Å². The van der Waals surface area contributed by atoms with E-state index in [9.17, 15) is 4.79 Å². The van der Waals surface area contributed by atoms with Crippen LogP contribution in [0.25, 0.3) is 0 Å². The summed E-state index contributed by atoms with van der Waals surface area (Å²) in [5.74, 6) is 0.0616. The summed E-state index contributed by atoms with van der Waals surface area (Å²) in [7, 11) is 0. The Morgan fingerprint density at radius 3 is 2.71 bits per heavy atom. The fraction of sp³-hybridized carbons (Fsp3) is 0.588. The molecular weight excluding hydrogens is 262 g/mol. The molecule has 1 aliphatic carbocycles. The maximum atomic E-state index is 12.3. The molecule has 1 amide bonds. The number of carbonyl (C=O) groups excluding carboxylic acids is 1. The average Bonchev–Trinajstić information content (AvgIpc) is 3.10. The van der Waals surface area contributed by atoms with Gasteiger partial charge < -0.3 is 11.1 Å². The van der Waals surface area contributed by atoms with Crippen molar-refractivity contribution in [2.24, 2.45) is 5.73 Å². The van der Waals surface area contributed by atoms with E-state index >= 15 is 0 Å². The van der Waals surface area contributed by atoms with E-state index in [-0.39, 0.29) is 11.9 Å². The highest BCUT2D eigenvalue weighted by molar-refractivity contribution is 5.86. The summed E-state index contributed by atoms with van der Waals surface area (Å²) < 4.78 is 0. The predicted molar refractivity (Wildman–Crippen MR) is 83.7 cm³/mol. The van der Waals surface area contributed by atoms with Crippen LogP contribution >= 0.6 is 0 Å². The van der Waals surface area contributed by atoms with Gasteiger partial charge in [0.1, 0.15) is 0 Å². The van der Waals surface area contributed by atoms with Gasteiger partial charge in [0.05, 0.1) is 5.54 Å². The first kappa shape index (κ1) is 14.5. The highest BCUT2D eigenvalue weighted by Gasteiger charge is 2.38. The molecule has 3 N–H and O–H groups in total. The van der Waals surface area contributed by atoms with Gasteiger partial charge in [0.25, 0.3) is 0 Å². The summed E-state index contributed by atoms with van der Waals surface area (Å²) in [4.78, 5) is 14.7. The van der Waals surface area contributed by atoms with Crippen molar-refractivity contribution in [1.29, 1.82) is 0 Å². The zero-order valence-electron chi connectivity index (χ0n) is 12.6. The molecule has 21 heavy (non-hydrogen) atoms. The highest BCUT2D eigenvalue weighted by Crippen LogP contribution is 2.27. The van der Waals surface area contributed by atoms with Crippen molar-refractivity contribution in [3.8, 4) is 0 Å².